The van der Waals surface area contributed by atoms with Gasteiger partial charge in [0.25, 0.3) is 5.91 Å². The Labute approximate surface area is 168 Å². The highest BCUT2D eigenvalue weighted by atomic mass is 16.2. The molecular formula is C25H22N2O2. The third kappa shape index (κ3) is 2.92. The molecule has 0 spiro atoms. The van der Waals surface area contributed by atoms with Crippen LogP contribution in [0, 0.1) is 0 Å². The third-order valence-electron chi connectivity index (χ3n) is 6.04. The van der Waals surface area contributed by atoms with Crippen molar-refractivity contribution in [1.82, 2.24) is 9.88 Å². The molecule has 1 amide bonds. The molecule has 0 saturated heterocycles. The van der Waals surface area contributed by atoms with Crippen LogP contribution in [0.3, 0.4) is 0 Å². The Morgan fingerprint density at radius 3 is 2.52 bits per heavy atom. The van der Waals surface area contributed by atoms with Crippen molar-refractivity contribution in [2.75, 3.05) is 0 Å². The van der Waals surface area contributed by atoms with E-state index >= 15 is 0 Å². The van der Waals surface area contributed by atoms with E-state index in [0.717, 1.165) is 23.9 Å². The zero-order valence-corrected chi connectivity index (χ0v) is 16.3. The van der Waals surface area contributed by atoms with Crippen LogP contribution in [0.1, 0.15) is 34.8 Å². The molecule has 3 aromatic carbocycles. The smallest absolute Gasteiger partial charge is 0.254 e. The van der Waals surface area contributed by atoms with Crippen molar-refractivity contribution in [3.63, 3.8) is 0 Å². The molecule has 1 unspecified atom stereocenters. The third-order valence-corrected chi connectivity index (χ3v) is 6.04. The van der Waals surface area contributed by atoms with E-state index in [0.29, 0.717) is 22.9 Å². The average molecular weight is 382 g/mol. The number of H-pyrrole nitrogens is 1. The van der Waals surface area contributed by atoms with Crippen LogP contribution < -0.4 is 5.43 Å². The molecule has 5 rings (SSSR count). The van der Waals surface area contributed by atoms with Gasteiger partial charge in [-0.15, -0.1) is 0 Å². The molecule has 4 heteroatoms. The van der Waals surface area contributed by atoms with Crippen LogP contribution >= 0.6 is 0 Å². The highest BCUT2D eigenvalue weighted by Crippen LogP contribution is 2.27. The number of nitrogens with one attached hydrogen (secondary N) is 1. The molecule has 4 aromatic rings. The largest absolute Gasteiger partial charge is 0.354 e. The SMILES string of the molecule is CCC1Cc2ccccc2CN1C(=O)c1ccc2[nH]c3ccccc3c(=O)c2c1. The monoisotopic (exact) mass is 382 g/mol. The van der Waals surface area contributed by atoms with Gasteiger partial charge >= 0.3 is 0 Å². The highest BCUT2D eigenvalue weighted by Gasteiger charge is 2.29. The van der Waals surface area contributed by atoms with Gasteiger partial charge in [0.15, 0.2) is 5.43 Å². The Kier molecular flexibility index (Phi) is 4.20. The molecule has 0 saturated carbocycles. The van der Waals surface area contributed by atoms with Crippen LogP contribution in [0.5, 0.6) is 0 Å². The lowest BCUT2D eigenvalue weighted by Crippen LogP contribution is -2.44. The van der Waals surface area contributed by atoms with E-state index in [9.17, 15) is 9.59 Å². The number of rotatable bonds is 2. The van der Waals surface area contributed by atoms with E-state index in [1.165, 1.54) is 11.1 Å². The average Bonchev–Trinajstić information content (AvgIpc) is 2.77. The summed E-state index contributed by atoms with van der Waals surface area (Å²) in [5, 5.41) is 1.20. The molecule has 0 fully saturated rings. The molecule has 0 aliphatic carbocycles. The van der Waals surface area contributed by atoms with Crippen LogP contribution in [0.4, 0.5) is 0 Å². The summed E-state index contributed by atoms with van der Waals surface area (Å²) >= 11 is 0. The standard InChI is InChI=1S/C25H22N2O2/c1-2-19-13-16-7-3-4-8-18(16)15-27(19)25(29)17-11-12-23-21(14-17)24(28)20-9-5-6-10-22(20)26-23/h3-12,14,19H,2,13,15H2,1H3,(H,26,28). The predicted octanol–water partition coefficient (Wildman–Crippen LogP) is 4.66. The van der Waals surface area contributed by atoms with Gasteiger partial charge in [0.05, 0.1) is 0 Å². The second-order valence-corrected chi connectivity index (χ2v) is 7.73. The molecule has 0 bridgehead atoms. The lowest BCUT2D eigenvalue weighted by Gasteiger charge is -2.36. The van der Waals surface area contributed by atoms with Crippen LogP contribution in [0.2, 0.25) is 0 Å². The van der Waals surface area contributed by atoms with Gasteiger partial charge in [-0.1, -0.05) is 43.3 Å². The molecule has 1 N–H and O–H groups in total. The zero-order chi connectivity index (χ0) is 20.0. The van der Waals surface area contributed by atoms with E-state index in [4.69, 9.17) is 0 Å². The lowest BCUT2D eigenvalue weighted by molar-refractivity contribution is 0.0635. The number of pyridine rings is 1. The van der Waals surface area contributed by atoms with E-state index < -0.39 is 0 Å². The number of hydrogen-bond acceptors (Lipinski definition) is 2. The summed E-state index contributed by atoms with van der Waals surface area (Å²) in [5.41, 5.74) is 4.61. The van der Waals surface area contributed by atoms with Crippen molar-refractivity contribution in [1.29, 1.82) is 0 Å². The summed E-state index contributed by atoms with van der Waals surface area (Å²) in [6.45, 7) is 2.73. The minimum Gasteiger partial charge on any atom is -0.354 e. The normalized spacial score (nSPS) is 16.2. The van der Waals surface area contributed by atoms with Gasteiger partial charge in [-0.05, 0) is 54.3 Å². The first-order valence-electron chi connectivity index (χ1n) is 10.1. The van der Waals surface area contributed by atoms with Crippen molar-refractivity contribution in [3.05, 3.63) is 93.6 Å². The minimum absolute atomic E-state index is 0.0131. The predicted molar refractivity (Wildman–Crippen MR) is 116 cm³/mol. The fraction of sp³-hybridized carbons (Fsp3) is 0.200. The number of amides is 1. The molecule has 2 heterocycles. The summed E-state index contributed by atoms with van der Waals surface area (Å²) in [6.07, 6.45) is 1.77. The number of fused-ring (bicyclic) bond motifs is 3. The van der Waals surface area contributed by atoms with Gasteiger partial charge in [0.1, 0.15) is 0 Å². The molecule has 4 nitrogen and oxygen atoms in total. The van der Waals surface area contributed by atoms with Crippen molar-refractivity contribution in [2.24, 2.45) is 0 Å². The number of nitrogens with zero attached hydrogens (tertiary/aromatic N) is 1. The number of carbonyl (C=O) groups is 1. The van der Waals surface area contributed by atoms with Gasteiger partial charge in [0, 0.05) is 40.0 Å². The van der Waals surface area contributed by atoms with Gasteiger partial charge in [-0.25, -0.2) is 0 Å². The highest BCUT2D eigenvalue weighted by molar-refractivity contribution is 6.00. The molecule has 29 heavy (non-hydrogen) atoms. The second-order valence-electron chi connectivity index (χ2n) is 7.73. The first-order chi connectivity index (χ1) is 14.2. The number of para-hydroxylation sites is 1. The number of carbonyl (C=O) groups excluding carboxylic acids is 1. The maximum Gasteiger partial charge on any atom is 0.254 e. The molecule has 1 aliphatic rings. The first-order valence-corrected chi connectivity index (χ1v) is 10.1. The van der Waals surface area contributed by atoms with E-state index in [-0.39, 0.29) is 17.4 Å². The fourth-order valence-electron chi connectivity index (χ4n) is 4.41. The van der Waals surface area contributed by atoms with Crippen LogP contribution in [0.25, 0.3) is 21.8 Å². The van der Waals surface area contributed by atoms with Crippen molar-refractivity contribution in [3.8, 4) is 0 Å². The Hall–Kier alpha value is -3.40. The Balaban J connectivity index is 1.58. The van der Waals surface area contributed by atoms with E-state index in [1.54, 1.807) is 6.07 Å². The Morgan fingerprint density at radius 1 is 0.966 bits per heavy atom. The van der Waals surface area contributed by atoms with Crippen molar-refractivity contribution in [2.45, 2.75) is 32.4 Å². The van der Waals surface area contributed by atoms with Gasteiger partial charge in [-0.3, -0.25) is 9.59 Å². The molecule has 0 radical (unpaired) electrons. The summed E-state index contributed by atoms with van der Waals surface area (Å²) in [7, 11) is 0. The molecule has 1 aliphatic heterocycles. The number of aromatic nitrogens is 1. The van der Waals surface area contributed by atoms with Crippen molar-refractivity contribution >= 4 is 27.7 Å². The molecular weight excluding hydrogens is 360 g/mol. The van der Waals surface area contributed by atoms with Crippen LogP contribution in [0.15, 0.2) is 71.5 Å². The van der Waals surface area contributed by atoms with Crippen LogP contribution in [-0.2, 0) is 13.0 Å². The maximum atomic E-state index is 13.4. The second kappa shape index (κ2) is 6.89. The van der Waals surface area contributed by atoms with Crippen molar-refractivity contribution < 1.29 is 4.79 Å². The van der Waals surface area contributed by atoms with Gasteiger partial charge in [-0.2, -0.15) is 0 Å². The number of aromatic amines is 1. The molecule has 1 aromatic heterocycles. The number of hydrogen-bond donors (Lipinski definition) is 1. The Bertz CT molecular complexity index is 1310. The summed E-state index contributed by atoms with van der Waals surface area (Å²) in [5.74, 6) is -0.0131. The lowest BCUT2D eigenvalue weighted by atomic mass is 9.92. The molecule has 144 valence electrons. The van der Waals surface area contributed by atoms with Crippen LogP contribution in [-0.4, -0.2) is 21.8 Å². The number of benzene rings is 3. The zero-order valence-electron chi connectivity index (χ0n) is 16.3. The van der Waals surface area contributed by atoms with E-state index in [1.807, 2.05) is 47.4 Å². The van der Waals surface area contributed by atoms with Gasteiger partial charge < -0.3 is 9.88 Å². The summed E-state index contributed by atoms with van der Waals surface area (Å²) in [6, 6.07) is 21.4. The Morgan fingerprint density at radius 2 is 1.69 bits per heavy atom. The quantitative estimate of drug-likeness (QED) is 0.513. The first kappa shape index (κ1) is 17.7. The van der Waals surface area contributed by atoms with E-state index in [2.05, 4.69) is 30.1 Å². The summed E-state index contributed by atoms with van der Waals surface area (Å²) < 4.78 is 0. The topological polar surface area (TPSA) is 53.2 Å². The molecule has 1 atom stereocenters. The minimum atomic E-state index is -0.0416. The fourth-order valence-corrected chi connectivity index (χ4v) is 4.41. The maximum absolute atomic E-state index is 13.4. The van der Waals surface area contributed by atoms with Gasteiger partial charge in [0.2, 0.25) is 0 Å². The summed E-state index contributed by atoms with van der Waals surface area (Å²) in [4.78, 5) is 31.7.